The van der Waals surface area contributed by atoms with E-state index in [2.05, 4.69) is 20.3 Å². The second-order valence-electron chi connectivity index (χ2n) is 5.07. The summed E-state index contributed by atoms with van der Waals surface area (Å²) in [5.41, 5.74) is 3.89. The minimum Gasteiger partial charge on any atom is -0.411 e. The summed E-state index contributed by atoms with van der Waals surface area (Å²) in [6, 6.07) is 15.7. The number of rotatable bonds is 2. The highest BCUT2D eigenvalue weighted by Gasteiger charge is 1.99. The standard InChI is InChI=1S/2C9H8N2O/c2*12-11-6-7-5-10-9-4-2-1-3-8(7)9/h2*1-6,10,12H/b2*11-6-. The molecule has 0 aliphatic rings. The van der Waals surface area contributed by atoms with Crippen molar-refractivity contribution < 1.29 is 10.4 Å². The largest absolute Gasteiger partial charge is 0.411 e. The van der Waals surface area contributed by atoms with Crippen LogP contribution >= 0.6 is 0 Å². The molecule has 0 aliphatic heterocycles. The Morgan fingerprint density at radius 3 is 1.50 bits per heavy atom. The van der Waals surface area contributed by atoms with Gasteiger partial charge in [0.1, 0.15) is 0 Å². The number of para-hydroxylation sites is 2. The number of benzene rings is 2. The van der Waals surface area contributed by atoms with E-state index in [0.717, 1.165) is 32.9 Å². The summed E-state index contributed by atoms with van der Waals surface area (Å²) in [7, 11) is 0. The zero-order valence-corrected chi connectivity index (χ0v) is 12.7. The molecule has 0 saturated heterocycles. The Balaban J connectivity index is 0.000000141. The summed E-state index contributed by atoms with van der Waals surface area (Å²) >= 11 is 0. The third kappa shape index (κ3) is 3.12. The zero-order chi connectivity index (χ0) is 16.8. The first-order valence-corrected chi connectivity index (χ1v) is 7.30. The van der Waals surface area contributed by atoms with Gasteiger partial charge < -0.3 is 20.4 Å². The van der Waals surface area contributed by atoms with Gasteiger partial charge in [0.15, 0.2) is 0 Å². The highest BCUT2D eigenvalue weighted by atomic mass is 16.4. The summed E-state index contributed by atoms with van der Waals surface area (Å²) in [6.45, 7) is 0. The maximum absolute atomic E-state index is 8.35. The second-order valence-corrected chi connectivity index (χ2v) is 5.07. The molecule has 0 bridgehead atoms. The van der Waals surface area contributed by atoms with Gasteiger partial charge >= 0.3 is 0 Å². The van der Waals surface area contributed by atoms with Crippen molar-refractivity contribution in [3.8, 4) is 0 Å². The minimum atomic E-state index is 0.896. The molecule has 6 heteroatoms. The van der Waals surface area contributed by atoms with Gasteiger partial charge in [-0.2, -0.15) is 0 Å². The molecule has 0 amide bonds. The molecule has 120 valence electrons. The number of aromatic amines is 2. The lowest BCUT2D eigenvalue weighted by molar-refractivity contribution is 0.321. The number of nitrogens with zero attached hydrogens (tertiary/aromatic N) is 2. The van der Waals surface area contributed by atoms with Crippen LogP contribution in [0.25, 0.3) is 21.8 Å². The Bertz CT molecular complexity index is 916. The fourth-order valence-electron chi connectivity index (χ4n) is 2.53. The molecule has 0 spiro atoms. The molecular formula is C18H16N4O2. The maximum Gasteiger partial charge on any atom is 0.0755 e. The molecule has 4 rings (SSSR count). The van der Waals surface area contributed by atoms with Crippen molar-refractivity contribution in [2.45, 2.75) is 0 Å². The number of hydrogen-bond donors (Lipinski definition) is 4. The lowest BCUT2D eigenvalue weighted by Gasteiger charge is -1.87. The molecule has 0 unspecified atom stereocenters. The Morgan fingerprint density at radius 1 is 0.667 bits per heavy atom. The number of hydrogen-bond acceptors (Lipinski definition) is 4. The van der Waals surface area contributed by atoms with E-state index < -0.39 is 0 Å². The smallest absolute Gasteiger partial charge is 0.0755 e. The van der Waals surface area contributed by atoms with Crippen molar-refractivity contribution in [1.82, 2.24) is 9.97 Å². The quantitative estimate of drug-likeness (QED) is 0.255. The van der Waals surface area contributed by atoms with Gasteiger partial charge in [-0.1, -0.05) is 46.7 Å². The predicted octanol–water partition coefficient (Wildman–Crippen LogP) is 3.95. The average Bonchev–Trinajstić information content (AvgIpc) is 3.22. The van der Waals surface area contributed by atoms with E-state index in [9.17, 15) is 0 Å². The first-order chi connectivity index (χ1) is 11.8. The van der Waals surface area contributed by atoms with Crippen LogP contribution in [0.3, 0.4) is 0 Å². The Hall–Kier alpha value is -3.54. The lowest BCUT2D eigenvalue weighted by atomic mass is 10.2. The topological polar surface area (TPSA) is 96.8 Å². The molecule has 4 aromatic rings. The third-order valence-electron chi connectivity index (χ3n) is 3.64. The number of nitrogens with one attached hydrogen (secondary N) is 2. The van der Waals surface area contributed by atoms with Crippen LogP contribution in [0, 0.1) is 0 Å². The van der Waals surface area contributed by atoms with E-state index in [1.807, 2.05) is 60.9 Å². The van der Waals surface area contributed by atoms with Gasteiger partial charge in [-0.15, -0.1) is 0 Å². The third-order valence-corrected chi connectivity index (χ3v) is 3.64. The minimum absolute atomic E-state index is 0.896. The second kappa shape index (κ2) is 7.15. The molecule has 6 nitrogen and oxygen atoms in total. The van der Waals surface area contributed by atoms with Crippen LogP contribution in [0.1, 0.15) is 11.1 Å². The van der Waals surface area contributed by atoms with E-state index >= 15 is 0 Å². The molecule has 4 N–H and O–H groups in total. The summed E-state index contributed by atoms with van der Waals surface area (Å²) in [4.78, 5) is 6.14. The maximum atomic E-state index is 8.35. The summed E-state index contributed by atoms with van der Waals surface area (Å²) in [6.07, 6.45) is 6.45. The van der Waals surface area contributed by atoms with Gasteiger partial charge in [0, 0.05) is 45.3 Å². The molecule has 0 atom stereocenters. The van der Waals surface area contributed by atoms with Gasteiger partial charge in [-0.05, 0) is 12.1 Å². The summed E-state index contributed by atoms with van der Waals surface area (Å²) in [5, 5.41) is 24.8. The first kappa shape index (κ1) is 15.4. The Labute approximate surface area is 137 Å². The van der Waals surface area contributed by atoms with Crippen LogP contribution in [0.4, 0.5) is 0 Å². The Kier molecular flexibility index (Phi) is 4.57. The highest BCUT2D eigenvalue weighted by Crippen LogP contribution is 2.16. The fourth-order valence-corrected chi connectivity index (χ4v) is 2.53. The lowest BCUT2D eigenvalue weighted by Crippen LogP contribution is -1.75. The monoisotopic (exact) mass is 320 g/mol. The van der Waals surface area contributed by atoms with Crippen molar-refractivity contribution in [1.29, 1.82) is 0 Å². The van der Waals surface area contributed by atoms with Gasteiger partial charge in [0.05, 0.1) is 12.4 Å². The highest BCUT2D eigenvalue weighted by molar-refractivity contribution is 5.99. The first-order valence-electron chi connectivity index (χ1n) is 7.30. The van der Waals surface area contributed by atoms with E-state index in [0.29, 0.717) is 0 Å². The van der Waals surface area contributed by atoms with Crippen molar-refractivity contribution >= 4 is 34.2 Å². The van der Waals surface area contributed by atoms with Crippen LogP contribution in [0.5, 0.6) is 0 Å². The Morgan fingerprint density at radius 2 is 1.08 bits per heavy atom. The molecule has 0 fully saturated rings. The van der Waals surface area contributed by atoms with E-state index in [1.54, 1.807) is 0 Å². The molecule has 2 heterocycles. The van der Waals surface area contributed by atoms with Crippen LogP contribution in [0.15, 0.2) is 71.2 Å². The van der Waals surface area contributed by atoms with Crippen molar-refractivity contribution in [3.05, 3.63) is 72.1 Å². The predicted molar refractivity (Wildman–Crippen MR) is 95.4 cm³/mol. The molecule has 0 radical (unpaired) electrons. The molecule has 0 aliphatic carbocycles. The number of fused-ring (bicyclic) bond motifs is 2. The fraction of sp³-hybridized carbons (Fsp3) is 0. The molecule has 2 aromatic heterocycles. The van der Waals surface area contributed by atoms with Crippen LogP contribution in [-0.2, 0) is 0 Å². The normalized spacial score (nSPS) is 11.3. The van der Waals surface area contributed by atoms with E-state index in [1.165, 1.54) is 12.4 Å². The summed E-state index contributed by atoms with van der Waals surface area (Å²) < 4.78 is 0. The molecule has 2 aromatic carbocycles. The molecular weight excluding hydrogens is 304 g/mol. The van der Waals surface area contributed by atoms with Crippen molar-refractivity contribution in [2.24, 2.45) is 10.3 Å². The van der Waals surface area contributed by atoms with Gasteiger partial charge in [-0.25, -0.2) is 0 Å². The summed E-state index contributed by atoms with van der Waals surface area (Å²) in [5.74, 6) is 0. The number of H-pyrrole nitrogens is 2. The van der Waals surface area contributed by atoms with Crippen molar-refractivity contribution in [3.63, 3.8) is 0 Å². The number of aromatic nitrogens is 2. The van der Waals surface area contributed by atoms with Gasteiger partial charge in [0.25, 0.3) is 0 Å². The van der Waals surface area contributed by atoms with E-state index in [4.69, 9.17) is 10.4 Å². The average molecular weight is 320 g/mol. The van der Waals surface area contributed by atoms with Crippen molar-refractivity contribution in [2.75, 3.05) is 0 Å². The molecule has 24 heavy (non-hydrogen) atoms. The van der Waals surface area contributed by atoms with E-state index in [-0.39, 0.29) is 0 Å². The van der Waals surface area contributed by atoms with Crippen LogP contribution in [-0.4, -0.2) is 32.8 Å². The SMILES string of the molecule is O/N=C\c1c[nH]c2ccccc12.O/N=C\c1c[nH]c2ccccc12. The molecule has 0 saturated carbocycles. The van der Waals surface area contributed by atoms with Gasteiger partial charge in [0.2, 0.25) is 0 Å². The van der Waals surface area contributed by atoms with Gasteiger partial charge in [-0.3, -0.25) is 0 Å². The zero-order valence-electron chi connectivity index (χ0n) is 12.7. The van der Waals surface area contributed by atoms with Crippen LogP contribution < -0.4 is 0 Å². The van der Waals surface area contributed by atoms with Crippen LogP contribution in [0.2, 0.25) is 0 Å². The number of oxime groups is 2.